The Morgan fingerprint density at radius 3 is 2.79 bits per heavy atom. The average molecular weight is 329 g/mol. The molecule has 130 valence electrons. The molecule has 0 spiro atoms. The van der Waals surface area contributed by atoms with E-state index in [9.17, 15) is 4.79 Å². The molecule has 1 aromatic heterocycles. The highest BCUT2D eigenvalue weighted by atomic mass is 16.5. The van der Waals surface area contributed by atoms with Crippen LogP contribution in [0.4, 0.5) is 0 Å². The molecule has 0 radical (unpaired) electrons. The lowest BCUT2D eigenvalue weighted by Crippen LogP contribution is -2.36. The largest absolute Gasteiger partial charge is 0.497 e. The minimum atomic E-state index is 0.210. The van der Waals surface area contributed by atoms with Crippen molar-refractivity contribution in [3.05, 3.63) is 30.0 Å². The fourth-order valence-electron chi connectivity index (χ4n) is 3.75. The molecule has 1 aliphatic heterocycles. The maximum Gasteiger partial charge on any atom is 0.227 e. The van der Waals surface area contributed by atoms with E-state index in [0.717, 1.165) is 41.7 Å². The van der Waals surface area contributed by atoms with Gasteiger partial charge in [-0.05, 0) is 43.8 Å². The SMILES string of the molecule is CC[C@@H]1CN(C(=O)Cc2c[nH]c3ccc(OC)cc23)C[C@H]1N(C)C. The topological polar surface area (TPSA) is 48.6 Å². The highest BCUT2D eigenvalue weighted by Crippen LogP contribution is 2.27. The zero-order valence-electron chi connectivity index (χ0n) is 15.0. The number of nitrogens with zero attached hydrogens (tertiary/aromatic N) is 2. The van der Waals surface area contributed by atoms with Gasteiger partial charge in [-0.2, -0.15) is 0 Å². The molecule has 0 aliphatic carbocycles. The van der Waals surface area contributed by atoms with Crippen molar-refractivity contribution < 1.29 is 9.53 Å². The van der Waals surface area contributed by atoms with Gasteiger partial charge in [0.2, 0.25) is 5.91 Å². The lowest BCUT2D eigenvalue weighted by atomic mass is 10.0. The van der Waals surface area contributed by atoms with Crippen molar-refractivity contribution in [2.75, 3.05) is 34.3 Å². The summed E-state index contributed by atoms with van der Waals surface area (Å²) in [4.78, 5) is 20.3. The molecule has 1 N–H and O–H groups in total. The Labute approximate surface area is 143 Å². The normalized spacial score (nSPS) is 21.0. The quantitative estimate of drug-likeness (QED) is 0.917. The molecule has 5 nitrogen and oxygen atoms in total. The lowest BCUT2D eigenvalue weighted by molar-refractivity contribution is -0.129. The number of aromatic amines is 1. The lowest BCUT2D eigenvalue weighted by Gasteiger charge is -2.23. The third-order valence-electron chi connectivity index (χ3n) is 5.26. The van der Waals surface area contributed by atoms with E-state index in [4.69, 9.17) is 4.74 Å². The molecule has 1 aliphatic rings. The van der Waals surface area contributed by atoms with Gasteiger partial charge in [-0.15, -0.1) is 0 Å². The van der Waals surface area contributed by atoms with E-state index in [1.807, 2.05) is 29.3 Å². The molecule has 3 rings (SSSR count). The van der Waals surface area contributed by atoms with Gasteiger partial charge in [0.1, 0.15) is 5.75 Å². The third-order valence-corrected chi connectivity index (χ3v) is 5.26. The summed E-state index contributed by atoms with van der Waals surface area (Å²) >= 11 is 0. The molecule has 1 aromatic carbocycles. The summed E-state index contributed by atoms with van der Waals surface area (Å²) in [5, 5.41) is 1.07. The Morgan fingerprint density at radius 1 is 1.38 bits per heavy atom. The van der Waals surface area contributed by atoms with Gasteiger partial charge < -0.3 is 19.5 Å². The second kappa shape index (κ2) is 6.85. The number of fused-ring (bicyclic) bond motifs is 1. The monoisotopic (exact) mass is 329 g/mol. The molecule has 1 saturated heterocycles. The van der Waals surface area contributed by atoms with Gasteiger partial charge in [0.15, 0.2) is 0 Å². The second-order valence-corrected chi connectivity index (χ2v) is 6.90. The van der Waals surface area contributed by atoms with Crippen LogP contribution < -0.4 is 4.74 Å². The Kier molecular flexibility index (Phi) is 4.81. The smallest absolute Gasteiger partial charge is 0.227 e. The van der Waals surface area contributed by atoms with Crippen LogP contribution in [0, 0.1) is 5.92 Å². The molecule has 2 atom stereocenters. The first-order chi connectivity index (χ1) is 11.5. The van der Waals surface area contributed by atoms with Crippen LogP contribution in [0.5, 0.6) is 5.75 Å². The fraction of sp³-hybridized carbons (Fsp3) is 0.526. The van der Waals surface area contributed by atoms with Crippen LogP contribution >= 0.6 is 0 Å². The Hall–Kier alpha value is -2.01. The van der Waals surface area contributed by atoms with Crippen LogP contribution in [0.15, 0.2) is 24.4 Å². The van der Waals surface area contributed by atoms with Gasteiger partial charge in [0, 0.05) is 36.2 Å². The summed E-state index contributed by atoms with van der Waals surface area (Å²) in [5.41, 5.74) is 2.08. The first-order valence-corrected chi connectivity index (χ1v) is 8.61. The Balaban J connectivity index is 1.76. The number of amides is 1. The van der Waals surface area contributed by atoms with Gasteiger partial charge in [-0.25, -0.2) is 0 Å². The van der Waals surface area contributed by atoms with Crippen LogP contribution in [-0.4, -0.2) is 61.0 Å². The minimum absolute atomic E-state index is 0.210. The predicted octanol–water partition coefficient (Wildman–Crippen LogP) is 2.52. The predicted molar refractivity (Wildman–Crippen MR) is 96.4 cm³/mol. The van der Waals surface area contributed by atoms with E-state index in [1.54, 1.807) is 7.11 Å². The third kappa shape index (κ3) is 3.13. The second-order valence-electron chi connectivity index (χ2n) is 6.90. The Morgan fingerprint density at radius 2 is 2.17 bits per heavy atom. The van der Waals surface area contributed by atoms with Crippen molar-refractivity contribution >= 4 is 16.8 Å². The summed E-state index contributed by atoms with van der Waals surface area (Å²) in [7, 11) is 5.87. The first kappa shape index (κ1) is 16.8. The standard InChI is InChI=1S/C19H27N3O2/c1-5-13-11-22(12-18(13)21(2)3)19(23)8-14-10-20-17-7-6-15(24-4)9-16(14)17/h6-7,9-10,13,18,20H,5,8,11-12H2,1-4H3/t13-,18-/m1/s1. The van der Waals surface area contributed by atoms with Gasteiger partial charge in [-0.1, -0.05) is 13.3 Å². The average Bonchev–Trinajstić information content (AvgIpc) is 3.18. The van der Waals surface area contributed by atoms with Gasteiger partial charge in [-0.3, -0.25) is 4.79 Å². The van der Waals surface area contributed by atoms with Crippen LogP contribution in [0.3, 0.4) is 0 Å². The molecule has 1 fully saturated rings. The zero-order valence-corrected chi connectivity index (χ0v) is 15.0. The summed E-state index contributed by atoms with van der Waals surface area (Å²) < 4.78 is 5.31. The first-order valence-electron chi connectivity index (χ1n) is 8.61. The molecule has 24 heavy (non-hydrogen) atoms. The molecule has 2 heterocycles. The highest BCUT2D eigenvalue weighted by molar-refractivity contribution is 5.89. The number of H-pyrrole nitrogens is 1. The van der Waals surface area contributed by atoms with Crippen LogP contribution in [0.2, 0.25) is 0 Å². The number of carbonyl (C=O) groups excluding carboxylic acids is 1. The number of benzene rings is 1. The summed E-state index contributed by atoms with van der Waals surface area (Å²) in [5.74, 6) is 1.59. The Bertz CT molecular complexity index is 722. The van der Waals surface area contributed by atoms with Crippen LogP contribution in [0.25, 0.3) is 10.9 Å². The van der Waals surface area contributed by atoms with E-state index in [2.05, 4.69) is 30.9 Å². The summed E-state index contributed by atoms with van der Waals surface area (Å²) in [6, 6.07) is 6.38. The molecule has 0 unspecified atom stereocenters. The molecule has 2 aromatic rings. The van der Waals surface area contributed by atoms with E-state index in [-0.39, 0.29) is 5.91 Å². The van der Waals surface area contributed by atoms with Crippen molar-refractivity contribution in [2.45, 2.75) is 25.8 Å². The van der Waals surface area contributed by atoms with Crippen LogP contribution in [0.1, 0.15) is 18.9 Å². The van der Waals surface area contributed by atoms with Crippen molar-refractivity contribution in [3.8, 4) is 5.75 Å². The van der Waals surface area contributed by atoms with E-state index < -0.39 is 0 Å². The van der Waals surface area contributed by atoms with Gasteiger partial charge >= 0.3 is 0 Å². The highest BCUT2D eigenvalue weighted by Gasteiger charge is 2.35. The van der Waals surface area contributed by atoms with Gasteiger partial charge in [0.05, 0.1) is 13.5 Å². The van der Waals surface area contributed by atoms with E-state index in [0.29, 0.717) is 18.4 Å². The molecular weight excluding hydrogens is 302 g/mol. The number of hydrogen-bond donors (Lipinski definition) is 1. The minimum Gasteiger partial charge on any atom is -0.497 e. The van der Waals surface area contributed by atoms with Crippen LogP contribution in [-0.2, 0) is 11.2 Å². The van der Waals surface area contributed by atoms with E-state index >= 15 is 0 Å². The number of nitrogens with one attached hydrogen (secondary N) is 1. The number of hydrogen-bond acceptors (Lipinski definition) is 3. The number of rotatable bonds is 5. The number of methoxy groups -OCH3 is 1. The fourth-order valence-corrected chi connectivity index (χ4v) is 3.75. The summed E-state index contributed by atoms with van der Waals surface area (Å²) in [6.45, 7) is 3.90. The molecule has 1 amide bonds. The number of likely N-dealkylation sites (tertiary alicyclic amines) is 1. The zero-order chi connectivity index (χ0) is 17.3. The molecular formula is C19H27N3O2. The maximum atomic E-state index is 12.8. The number of likely N-dealkylation sites (N-methyl/N-ethyl adjacent to an activating group) is 1. The maximum absolute atomic E-state index is 12.8. The van der Waals surface area contributed by atoms with Crippen molar-refractivity contribution in [1.82, 2.24) is 14.8 Å². The van der Waals surface area contributed by atoms with Crippen molar-refractivity contribution in [3.63, 3.8) is 0 Å². The van der Waals surface area contributed by atoms with Gasteiger partial charge in [0.25, 0.3) is 0 Å². The summed E-state index contributed by atoms with van der Waals surface area (Å²) in [6.07, 6.45) is 3.49. The van der Waals surface area contributed by atoms with E-state index in [1.165, 1.54) is 0 Å². The molecule has 0 bridgehead atoms. The molecule has 5 heteroatoms. The number of ether oxygens (including phenoxy) is 1. The van der Waals surface area contributed by atoms with Crippen molar-refractivity contribution in [1.29, 1.82) is 0 Å². The number of aromatic nitrogens is 1. The van der Waals surface area contributed by atoms with Crippen molar-refractivity contribution in [2.24, 2.45) is 5.92 Å². The number of carbonyl (C=O) groups is 1. The molecule has 0 saturated carbocycles.